The fourth-order valence-corrected chi connectivity index (χ4v) is 4.45. The van der Waals surface area contributed by atoms with Crippen molar-refractivity contribution in [1.82, 2.24) is 5.32 Å². The lowest BCUT2D eigenvalue weighted by molar-refractivity contribution is -0.148. The molecular weight excluding hydrogens is 415 g/mol. The molecule has 0 bridgehead atoms. The van der Waals surface area contributed by atoms with Gasteiger partial charge >= 0.3 is 5.97 Å². The van der Waals surface area contributed by atoms with Crippen molar-refractivity contribution in [3.63, 3.8) is 0 Å². The number of methoxy groups -OCH3 is 1. The highest BCUT2D eigenvalue weighted by molar-refractivity contribution is 6.34. The van der Waals surface area contributed by atoms with E-state index in [-0.39, 0.29) is 46.1 Å². The quantitative estimate of drug-likeness (QED) is 0.571. The lowest BCUT2D eigenvalue weighted by Gasteiger charge is -2.29. The minimum atomic E-state index is -0.565. The van der Waals surface area contributed by atoms with E-state index >= 15 is 0 Å². The molecule has 2 aromatic carbocycles. The molecule has 2 aliphatic rings. The number of halogens is 1. The summed E-state index contributed by atoms with van der Waals surface area (Å²) in [7, 11) is 1.37. The molecule has 1 aliphatic heterocycles. The Morgan fingerprint density at radius 1 is 1.03 bits per heavy atom. The molecule has 0 radical (unpaired) electrons. The third-order valence-electron chi connectivity index (χ3n) is 6.17. The predicted molar refractivity (Wildman–Crippen MR) is 114 cm³/mol. The van der Waals surface area contributed by atoms with Crippen LogP contribution < -0.4 is 10.2 Å². The van der Waals surface area contributed by atoms with Crippen LogP contribution in [-0.4, -0.2) is 37.3 Å². The Bertz CT molecular complexity index is 1080. The van der Waals surface area contributed by atoms with Crippen LogP contribution in [0.1, 0.15) is 56.8 Å². The number of nitrogens with one attached hydrogen (secondary N) is 1. The molecule has 1 fully saturated rings. The summed E-state index contributed by atoms with van der Waals surface area (Å²) in [6.45, 7) is 0.324. The molecule has 1 heterocycles. The molecule has 2 unspecified atom stereocenters. The van der Waals surface area contributed by atoms with E-state index in [0.717, 1.165) is 30.6 Å². The monoisotopic (exact) mass is 438 g/mol. The summed E-state index contributed by atoms with van der Waals surface area (Å²) in [6.07, 6.45) is 3.50. The zero-order chi connectivity index (χ0) is 22.8. The first kappa shape index (κ1) is 21.7. The smallest absolute Gasteiger partial charge is 0.309 e. The van der Waals surface area contributed by atoms with E-state index in [0.29, 0.717) is 6.54 Å². The van der Waals surface area contributed by atoms with E-state index < -0.39 is 17.6 Å². The maximum absolute atomic E-state index is 13.2. The highest BCUT2D eigenvalue weighted by Gasteiger charge is 2.37. The van der Waals surface area contributed by atoms with Gasteiger partial charge in [0, 0.05) is 12.1 Å². The normalized spacial score (nSPS) is 20.1. The molecule has 4 rings (SSSR count). The standard InChI is InChI=1S/C24H23FN2O5/c1-32-24(31)18-5-3-2-4-15(18)13-26-21(28)14-6-11-19-20(12-14)23(30)27(22(19)29)17-9-7-16(25)8-10-17/h6-12,15,18H,2-5,13H2,1H3,(H,26,28). The van der Waals surface area contributed by atoms with E-state index in [2.05, 4.69) is 5.32 Å². The van der Waals surface area contributed by atoms with Gasteiger partial charge in [0.05, 0.1) is 29.8 Å². The van der Waals surface area contributed by atoms with Crippen LogP contribution in [0.4, 0.5) is 10.1 Å². The Hall–Kier alpha value is -3.55. The molecular formula is C24H23FN2O5. The highest BCUT2D eigenvalue weighted by atomic mass is 19.1. The van der Waals surface area contributed by atoms with Gasteiger partial charge in [0.25, 0.3) is 17.7 Å². The summed E-state index contributed by atoms with van der Waals surface area (Å²) >= 11 is 0. The third-order valence-corrected chi connectivity index (χ3v) is 6.17. The summed E-state index contributed by atoms with van der Waals surface area (Å²) in [5.74, 6) is -2.45. The van der Waals surface area contributed by atoms with E-state index in [1.165, 1.54) is 49.6 Å². The number of esters is 1. The van der Waals surface area contributed by atoms with Crippen LogP contribution in [0, 0.1) is 17.7 Å². The number of rotatable bonds is 5. The fourth-order valence-electron chi connectivity index (χ4n) is 4.45. The van der Waals surface area contributed by atoms with Crippen molar-refractivity contribution in [1.29, 1.82) is 0 Å². The number of benzene rings is 2. The zero-order valence-corrected chi connectivity index (χ0v) is 17.6. The van der Waals surface area contributed by atoms with Crippen LogP contribution in [0.5, 0.6) is 0 Å². The molecule has 0 aromatic heterocycles. The first-order valence-electron chi connectivity index (χ1n) is 10.5. The molecule has 0 spiro atoms. The van der Waals surface area contributed by atoms with Gasteiger partial charge in [-0.3, -0.25) is 19.2 Å². The van der Waals surface area contributed by atoms with Crippen LogP contribution in [0.3, 0.4) is 0 Å². The van der Waals surface area contributed by atoms with Crippen molar-refractivity contribution in [2.24, 2.45) is 11.8 Å². The van der Waals surface area contributed by atoms with Crippen molar-refractivity contribution in [2.75, 3.05) is 18.6 Å². The Morgan fingerprint density at radius 3 is 2.44 bits per heavy atom. The summed E-state index contributed by atoms with van der Waals surface area (Å²) in [5.41, 5.74) is 0.817. The van der Waals surface area contributed by atoms with Gasteiger partial charge in [0.1, 0.15) is 5.82 Å². The van der Waals surface area contributed by atoms with Gasteiger partial charge in [-0.2, -0.15) is 0 Å². The Kier molecular flexibility index (Phi) is 6.03. The largest absolute Gasteiger partial charge is 0.469 e. The molecule has 8 heteroatoms. The Morgan fingerprint density at radius 2 is 1.72 bits per heavy atom. The molecule has 7 nitrogen and oxygen atoms in total. The van der Waals surface area contributed by atoms with Gasteiger partial charge in [-0.05, 0) is 61.2 Å². The van der Waals surface area contributed by atoms with Crippen LogP contribution in [0.25, 0.3) is 0 Å². The molecule has 1 aliphatic carbocycles. The van der Waals surface area contributed by atoms with E-state index in [9.17, 15) is 23.6 Å². The van der Waals surface area contributed by atoms with Crippen LogP contribution >= 0.6 is 0 Å². The van der Waals surface area contributed by atoms with Gasteiger partial charge < -0.3 is 10.1 Å². The van der Waals surface area contributed by atoms with Gasteiger partial charge in [0.15, 0.2) is 0 Å². The number of ether oxygens (including phenoxy) is 1. The molecule has 2 aromatic rings. The third kappa shape index (κ3) is 4.00. The average Bonchev–Trinajstić information content (AvgIpc) is 3.07. The number of anilines is 1. The molecule has 1 saturated carbocycles. The van der Waals surface area contributed by atoms with Crippen molar-refractivity contribution in [3.8, 4) is 0 Å². The Balaban J connectivity index is 1.48. The molecule has 3 amide bonds. The Labute approximate surface area is 184 Å². The number of carbonyl (C=O) groups is 4. The predicted octanol–water partition coefficient (Wildman–Crippen LogP) is 3.34. The number of amides is 3. The van der Waals surface area contributed by atoms with E-state index in [1.807, 2.05) is 0 Å². The molecule has 166 valence electrons. The molecule has 1 N–H and O–H groups in total. The average molecular weight is 438 g/mol. The van der Waals surface area contributed by atoms with Crippen molar-refractivity contribution in [3.05, 3.63) is 65.0 Å². The minimum absolute atomic E-state index is 0.00763. The van der Waals surface area contributed by atoms with Crippen molar-refractivity contribution >= 4 is 29.4 Å². The first-order valence-corrected chi connectivity index (χ1v) is 10.5. The molecule has 32 heavy (non-hydrogen) atoms. The number of carbonyl (C=O) groups excluding carboxylic acids is 4. The molecule has 0 saturated heterocycles. The van der Waals surface area contributed by atoms with E-state index in [1.54, 1.807) is 0 Å². The van der Waals surface area contributed by atoms with Gasteiger partial charge in [0.2, 0.25) is 0 Å². The number of hydrogen-bond donors (Lipinski definition) is 1. The summed E-state index contributed by atoms with van der Waals surface area (Å²) in [6, 6.07) is 9.39. The zero-order valence-electron chi connectivity index (χ0n) is 17.6. The fraction of sp³-hybridized carbons (Fsp3) is 0.333. The second kappa shape index (κ2) is 8.90. The summed E-state index contributed by atoms with van der Waals surface area (Å²) in [4.78, 5) is 51.3. The second-order valence-corrected chi connectivity index (χ2v) is 8.07. The lowest BCUT2D eigenvalue weighted by atomic mass is 9.79. The van der Waals surface area contributed by atoms with Crippen LogP contribution in [0.15, 0.2) is 42.5 Å². The topological polar surface area (TPSA) is 92.8 Å². The minimum Gasteiger partial charge on any atom is -0.469 e. The number of nitrogens with zero attached hydrogens (tertiary/aromatic N) is 1. The highest BCUT2D eigenvalue weighted by Crippen LogP contribution is 2.31. The van der Waals surface area contributed by atoms with Crippen molar-refractivity contribution in [2.45, 2.75) is 25.7 Å². The number of hydrogen-bond acceptors (Lipinski definition) is 5. The van der Waals surface area contributed by atoms with Gasteiger partial charge in [-0.25, -0.2) is 9.29 Å². The maximum atomic E-state index is 13.2. The summed E-state index contributed by atoms with van der Waals surface area (Å²) in [5, 5.41) is 2.85. The van der Waals surface area contributed by atoms with Crippen LogP contribution in [-0.2, 0) is 9.53 Å². The molecule has 2 atom stereocenters. The number of fused-ring (bicyclic) bond motifs is 1. The first-order chi connectivity index (χ1) is 15.4. The van der Waals surface area contributed by atoms with Gasteiger partial charge in [-0.15, -0.1) is 0 Å². The maximum Gasteiger partial charge on any atom is 0.309 e. The van der Waals surface area contributed by atoms with Gasteiger partial charge in [-0.1, -0.05) is 12.8 Å². The lowest BCUT2D eigenvalue weighted by Crippen LogP contribution is -2.37. The van der Waals surface area contributed by atoms with E-state index in [4.69, 9.17) is 4.74 Å². The SMILES string of the molecule is COC(=O)C1CCCCC1CNC(=O)c1ccc2c(c1)C(=O)N(c1ccc(F)cc1)C2=O. The number of imide groups is 1. The summed E-state index contributed by atoms with van der Waals surface area (Å²) < 4.78 is 18.1. The van der Waals surface area contributed by atoms with Crippen molar-refractivity contribution < 1.29 is 28.3 Å². The second-order valence-electron chi connectivity index (χ2n) is 8.07. The van der Waals surface area contributed by atoms with Crippen LogP contribution in [0.2, 0.25) is 0 Å².